The molecule has 3 nitrogen and oxygen atoms in total. The van der Waals surface area contributed by atoms with E-state index in [0.29, 0.717) is 0 Å². The first-order valence-electron chi connectivity index (χ1n) is 12.9. The van der Waals surface area contributed by atoms with Crippen molar-refractivity contribution in [3.8, 4) is 22.5 Å². The van der Waals surface area contributed by atoms with Gasteiger partial charge in [-0.3, -0.25) is 9.97 Å². The number of para-hydroxylation sites is 1. The van der Waals surface area contributed by atoms with Crippen LogP contribution in [0.4, 0.5) is 11.4 Å². The van der Waals surface area contributed by atoms with Crippen molar-refractivity contribution < 1.29 is 0 Å². The smallest absolute Gasteiger partial charge is 0.0729 e. The molecule has 0 spiro atoms. The number of hydrogen-bond acceptors (Lipinski definition) is 3. The van der Waals surface area contributed by atoms with Gasteiger partial charge >= 0.3 is 0 Å². The van der Waals surface area contributed by atoms with Gasteiger partial charge in [-0.15, -0.1) is 0 Å². The SMILES string of the molecule is Cc1ccc(-c2cc(N(c3c(C)cccc3-c3c[c]ccn3)C(C)CCc3ccccc3)ccn2)cc1. The van der Waals surface area contributed by atoms with Crippen LogP contribution in [0.2, 0.25) is 0 Å². The van der Waals surface area contributed by atoms with Crippen LogP contribution >= 0.6 is 0 Å². The molecule has 0 saturated carbocycles. The van der Waals surface area contributed by atoms with Crippen LogP contribution in [0.3, 0.4) is 0 Å². The Morgan fingerprint density at radius 1 is 0.811 bits per heavy atom. The van der Waals surface area contributed by atoms with Gasteiger partial charge in [-0.05, 0) is 75.1 Å². The lowest BCUT2D eigenvalue weighted by atomic mass is 9.98. The highest BCUT2D eigenvalue weighted by Crippen LogP contribution is 2.40. The molecule has 0 bridgehead atoms. The zero-order chi connectivity index (χ0) is 25.6. The highest BCUT2D eigenvalue weighted by molar-refractivity contribution is 5.84. The monoisotopic (exact) mass is 482 g/mol. The molecule has 0 aliphatic heterocycles. The third kappa shape index (κ3) is 5.62. The Labute approximate surface area is 220 Å². The van der Waals surface area contributed by atoms with Gasteiger partial charge in [0.05, 0.1) is 17.1 Å². The maximum absolute atomic E-state index is 4.73. The summed E-state index contributed by atoms with van der Waals surface area (Å²) in [5.41, 5.74) is 10.2. The maximum Gasteiger partial charge on any atom is 0.0729 e. The lowest BCUT2D eigenvalue weighted by Gasteiger charge is -2.34. The summed E-state index contributed by atoms with van der Waals surface area (Å²) in [5, 5.41) is 0. The summed E-state index contributed by atoms with van der Waals surface area (Å²) in [6.07, 6.45) is 5.75. The van der Waals surface area contributed by atoms with Gasteiger partial charge in [-0.25, -0.2) is 0 Å². The third-order valence-corrected chi connectivity index (χ3v) is 6.86. The first-order valence-corrected chi connectivity index (χ1v) is 12.9. The fraction of sp³-hybridized carbons (Fsp3) is 0.176. The second-order valence-corrected chi connectivity index (χ2v) is 9.62. The van der Waals surface area contributed by atoms with Crippen molar-refractivity contribution in [3.05, 3.63) is 132 Å². The van der Waals surface area contributed by atoms with E-state index in [0.717, 1.165) is 41.0 Å². The van der Waals surface area contributed by atoms with Gasteiger partial charge in [-0.1, -0.05) is 78.4 Å². The van der Waals surface area contributed by atoms with Crippen LogP contribution in [-0.2, 0) is 6.42 Å². The van der Waals surface area contributed by atoms with E-state index in [1.165, 1.54) is 22.4 Å². The Balaban J connectivity index is 1.61. The molecule has 0 N–H and O–H groups in total. The van der Waals surface area contributed by atoms with Gasteiger partial charge < -0.3 is 4.90 Å². The Morgan fingerprint density at radius 2 is 1.59 bits per heavy atom. The summed E-state index contributed by atoms with van der Waals surface area (Å²) in [5.74, 6) is 0. The molecule has 0 fully saturated rings. The number of anilines is 2. The molecule has 0 aliphatic carbocycles. The van der Waals surface area contributed by atoms with E-state index in [9.17, 15) is 0 Å². The van der Waals surface area contributed by atoms with Crippen LogP contribution in [0.5, 0.6) is 0 Å². The fourth-order valence-electron chi connectivity index (χ4n) is 4.86. The first kappa shape index (κ1) is 24.5. The molecule has 183 valence electrons. The van der Waals surface area contributed by atoms with Crippen molar-refractivity contribution in [1.29, 1.82) is 0 Å². The lowest BCUT2D eigenvalue weighted by Crippen LogP contribution is -2.30. The van der Waals surface area contributed by atoms with E-state index in [-0.39, 0.29) is 6.04 Å². The van der Waals surface area contributed by atoms with Gasteiger partial charge in [0.15, 0.2) is 0 Å². The van der Waals surface area contributed by atoms with Gasteiger partial charge in [0, 0.05) is 35.2 Å². The van der Waals surface area contributed by atoms with Gasteiger partial charge in [0.25, 0.3) is 0 Å². The van der Waals surface area contributed by atoms with Crippen molar-refractivity contribution in [2.24, 2.45) is 0 Å². The summed E-state index contributed by atoms with van der Waals surface area (Å²) in [7, 11) is 0. The zero-order valence-electron chi connectivity index (χ0n) is 21.7. The Hall–Kier alpha value is -4.24. The molecule has 1 unspecified atom stereocenters. The molecule has 2 heterocycles. The van der Waals surface area contributed by atoms with Crippen molar-refractivity contribution in [1.82, 2.24) is 9.97 Å². The molecule has 2 aromatic heterocycles. The molecule has 5 aromatic rings. The number of aromatic nitrogens is 2. The summed E-state index contributed by atoms with van der Waals surface area (Å²) in [4.78, 5) is 11.9. The van der Waals surface area contributed by atoms with E-state index in [1.54, 1.807) is 0 Å². The minimum Gasteiger partial charge on any atom is -0.338 e. The minimum absolute atomic E-state index is 0.237. The number of hydrogen-bond donors (Lipinski definition) is 0. The Morgan fingerprint density at radius 3 is 2.35 bits per heavy atom. The maximum atomic E-state index is 4.73. The van der Waals surface area contributed by atoms with Crippen LogP contribution in [0.15, 0.2) is 109 Å². The number of benzene rings is 3. The van der Waals surface area contributed by atoms with E-state index in [4.69, 9.17) is 4.98 Å². The summed E-state index contributed by atoms with van der Waals surface area (Å²) < 4.78 is 0. The molecule has 0 amide bonds. The van der Waals surface area contributed by atoms with Gasteiger partial charge in [-0.2, -0.15) is 0 Å². The van der Waals surface area contributed by atoms with Crippen molar-refractivity contribution >= 4 is 11.4 Å². The average Bonchev–Trinajstić information content (AvgIpc) is 2.94. The first-order chi connectivity index (χ1) is 18.1. The van der Waals surface area contributed by atoms with Gasteiger partial charge in [0.2, 0.25) is 0 Å². The highest BCUT2D eigenvalue weighted by atomic mass is 15.2. The Kier molecular flexibility index (Phi) is 7.41. The molecule has 3 aromatic carbocycles. The molecule has 1 radical (unpaired) electrons. The van der Waals surface area contributed by atoms with Crippen LogP contribution < -0.4 is 4.90 Å². The van der Waals surface area contributed by atoms with E-state index in [1.807, 2.05) is 24.5 Å². The largest absolute Gasteiger partial charge is 0.338 e. The average molecular weight is 483 g/mol. The van der Waals surface area contributed by atoms with Crippen molar-refractivity contribution in [2.45, 2.75) is 39.7 Å². The predicted molar refractivity (Wildman–Crippen MR) is 154 cm³/mol. The van der Waals surface area contributed by atoms with E-state index >= 15 is 0 Å². The lowest BCUT2D eigenvalue weighted by molar-refractivity contribution is 0.645. The second-order valence-electron chi connectivity index (χ2n) is 9.62. The zero-order valence-corrected chi connectivity index (χ0v) is 21.7. The summed E-state index contributed by atoms with van der Waals surface area (Å²) in [6.45, 7) is 6.61. The molecular formula is C34H32N3. The fourth-order valence-corrected chi connectivity index (χ4v) is 4.86. The topological polar surface area (TPSA) is 29.0 Å². The summed E-state index contributed by atoms with van der Waals surface area (Å²) >= 11 is 0. The molecule has 1 atom stereocenters. The highest BCUT2D eigenvalue weighted by Gasteiger charge is 2.23. The van der Waals surface area contributed by atoms with Crippen molar-refractivity contribution in [3.63, 3.8) is 0 Å². The van der Waals surface area contributed by atoms with Crippen LogP contribution in [0, 0.1) is 19.9 Å². The van der Waals surface area contributed by atoms with Crippen LogP contribution in [-0.4, -0.2) is 16.0 Å². The molecule has 0 saturated heterocycles. The second kappa shape index (κ2) is 11.2. The predicted octanol–water partition coefficient (Wildman–Crippen LogP) is 8.39. The standard InChI is InChI=1S/C34H32N3/c1-25-15-19-29(20-16-25)33-24-30(21-23-36-33)37(27(3)17-18-28-11-5-4-6-12-28)34-26(2)10-9-13-31(34)32-14-7-8-22-35-32/h4-6,8-16,19-24,27H,17-18H2,1-3H3. The number of nitrogens with zero attached hydrogens (tertiary/aromatic N) is 3. The van der Waals surface area contributed by atoms with E-state index in [2.05, 4.69) is 122 Å². The van der Waals surface area contributed by atoms with Gasteiger partial charge in [0.1, 0.15) is 0 Å². The molecule has 0 aliphatic rings. The van der Waals surface area contributed by atoms with Crippen molar-refractivity contribution in [2.75, 3.05) is 4.90 Å². The molecular weight excluding hydrogens is 450 g/mol. The van der Waals surface area contributed by atoms with Crippen LogP contribution in [0.25, 0.3) is 22.5 Å². The number of rotatable bonds is 8. The molecule has 3 heteroatoms. The third-order valence-electron chi connectivity index (χ3n) is 6.86. The molecule has 37 heavy (non-hydrogen) atoms. The quantitative estimate of drug-likeness (QED) is 0.222. The number of pyridine rings is 2. The normalized spacial score (nSPS) is 11.8. The number of aryl methyl sites for hydroxylation is 3. The van der Waals surface area contributed by atoms with E-state index < -0.39 is 0 Å². The summed E-state index contributed by atoms with van der Waals surface area (Å²) in [6, 6.07) is 37.3. The Bertz CT molecular complexity index is 1440. The molecule has 5 rings (SSSR count). The van der Waals surface area contributed by atoms with Crippen LogP contribution in [0.1, 0.15) is 30.0 Å². The minimum atomic E-state index is 0.237.